The van der Waals surface area contributed by atoms with Gasteiger partial charge in [0.1, 0.15) is 54.9 Å². The molecule has 2 aliphatic heterocycles. The Labute approximate surface area is 159 Å². The predicted molar refractivity (Wildman–Crippen MR) is 85.4 cm³/mol. The van der Waals surface area contributed by atoms with Crippen LogP contribution < -0.4 is 0 Å². The SMILES string of the molecule is OC[C@H](CO[C@@H]1O[C@H](CO)[C@H](O)[C@H](O)[C@H]1O)O[C@@H]1O[C@H](CO)[C@H](O)[C@H](O)[C@H]1O. The van der Waals surface area contributed by atoms with Crippen molar-refractivity contribution >= 4 is 0 Å². The molecule has 28 heavy (non-hydrogen) atoms. The van der Waals surface area contributed by atoms with Crippen LogP contribution in [-0.2, 0) is 18.9 Å². The fourth-order valence-electron chi connectivity index (χ4n) is 2.91. The Morgan fingerprint density at radius 3 is 1.57 bits per heavy atom. The number of aliphatic hydroxyl groups excluding tert-OH is 9. The van der Waals surface area contributed by atoms with Crippen LogP contribution >= 0.6 is 0 Å². The van der Waals surface area contributed by atoms with E-state index < -0.39 is 93.9 Å². The average Bonchev–Trinajstić information content (AvgIpc) is 2.70. The van der Waals surface area contributed by atoms with E-state index in [0.717, 1.165) is 0 Å². The second-order valence-corrected chi connectivity index (χ2v) is 6.67. The van der Waals surface area contributed by atoms with Crippen molar-refractivity contribution < 1.29 is 64.9 Å². The molecule has 166 valence electrons. The molecule has 0 aromatic heterocycles. The van der Waals surface area contributed by atoms with Crippen LogP contribution in [0.25, 0.3) is 0 Å². The number of ether oxygens (including phenoxy) is 4. The van der Waals surface area contributed by atoms with Crippen LogP contribution in [-0.4, -0.2) is 140 Å². The van der Waals surface area contributed by atoms with Crippen molar-refractivity contribution in [3.8, 4) is 0 Å². The third kappa shape index (κ3) is 5.14. The molecule has 2 rings (SSSR count). The molecule has 13 nitrogen and oxygen atoms in total. The van der Waals surface area contributed by atoms with Gasteiger partial charge in [0, 0.05) is 0 Å². The summed E-state index contributed by atoms with van der Waals surface area (Å²) in [5, 5.41) is 86.5. The zero-order valence-corrected chi connectivity index (χ0v) is 14.8. The van der Waals surface area contributed by atoms with E-state index in [1.165, 1.54) is 0 Å². The van der Waals surface area contributed by atoms with E-state index in [-0.39, 0.29) is 0 Å². The van der Waals surface area contributed by atoms with Crippen molar-refractivity contribution in [2.45, 2.75) is 67.5 Å². The van der Waals surface area contributed by atoms with Crippen molar-refractivity contribution in [2.24, 2.45) is 0 Å². The van der Waals surface area contributed by atoms with Gasteiger partial charge < -0.3 is 64.9 Å². The van der Waals surface area contributed by atoms with E-state index in [1.807, 2.05) is 0 Å². The summed E-state index contributed by atoms with van der Waals surface area (Å²) in [6, 6.07) is 0. The van der Waals surface area contributed by atoms with Gasteiger partial charge in [0.25, 0.3) is 0 Å². The molecule has 11 atom stereocenters. The van der Waals surface area contributed by atoms with E-state index in [1.54, 1.807) is 0 Å². The molecular weight excluding hydrogens is 388 g/mol. The molecule has 2 aliphatic rings. The summed E-state index contributed by atoms with van der Waals surface area (Å²) < 4.78 is 20.8. The van der Waals surface area contributed by atoms with Crippen molar-refractivity contribution in [1.82, 2.24) is 0 Å². The molecule has 0 radical (unpaired) electrons. The van der Waals surface area contributed by atoms with E-state index in [0.29, 0.717) is 0 Å². The van der Waals surface area contributed by atoms with Crippen LogP contribution in [0.15, 0.2) is 0 Å². The minimum atomic E-state index is -1.68. The second kappa shape index (κ2) is 10.5. The third-order valence-corrected chi connectivity index (χ3v) is 4.67. The fraction of sp³-hybridized carbons (Fsp3) is 1.00. The number of hydrogen-bond acceptors (Lipinski definition) is 13. The van der Waals surface area contributed by atoms with Gasteiger partial charge >= 0.3 is 0 Å². The van der Waals surface area contributed by atoms with Gasteiger partial charge in [-0.05, 0) is 0 Å². The van der Waals surface area contributed by atoms with Crippen LogP contribution in [0.5, 0.6) is 0 Å². The smallest absolute Gasteiger partial charge is 0.187 e. The molecule has 0 amide bonds. The Kier molecular flexibility index (Phi) is 8.90. The second-order valence-electron chi connectivity index (χ2n) is 6.67. The Hall–Kier alpha value is -0.520. The van der Waals surface area contributed by atoms with Gasteiger partial charge in [-0.2, -0.15) is 0 Å². The first kappa shape index (κ1) is 23.8. The van der Waals surface area contributed by atoms with Crippen LogP contribution in [0.3, 0.4) is 0 Å². The first-order valence-corrected chi connectivity index (χ1v) is 8.74. The maximum absolute atomic E-state index is 9.94. The summed E-state index contributed by atoms with van der Waals surface area (Å²) in [7, 11) is 0. The lowest BCUT2D eigenvalue weighted by Gasteiger charge is -2.41. The molecule has 2 fully saturated rings. The van der Waals surface area contributed by atoms with Gasteiger partial charge in [-0.3, -0.25) is 0 Å². The summed E-state index contributed by atoms with van der Waals surface area (Å²) in [5.74, 6) is 0. The zero-order chi connectivity index (χ0) is 21.0. The molecule has 0 aliphatic carbocycles. The largest absolute Gasteiger partial charge is 0.394 e. The standard InChI is InChI=1S/C15H28O13/c16-1-5(26-15-13(24)11(22)9(20)7(3-18)28-15)4-25-14-12(23)10(21)8(19)6(2-17)27-14/h5-24H,1-4H2/t5-,6-,7-,8+,9+,10+,11+,12-,13-,14-,15-/m1/s1. The van der Waals surface area contributed by atoms with Gasteiger partial charge in [-0.25, -0.2) is 0 Å². The van der Waals surface area contributed by atoms with Crippen LogP contribution in [0.1, 0.15) is 0 Å². The first-order chi connectivity index (χ1) is 13.2. The molecular formula is C15H28O13. The van der Waals surface area contributed by atoms with Crippen molar-refractivity contribution in [1.29, 1.82) is 0 Å². The van der Waals surface area contributed by atoms with E-state index >= 15 is 0 Å². The molecule has 0 spiro atoms. The molecule has 2 heterocycles. The zero-order valence-electron chi connectivity index (χ0n) is 14.8. The Bertz CT molecular complexity index is 463. The number of aliphatic hydroxyl groups is 9. The molecule has 0 bridgehead atoms. The first-order valence-electron chi connectivity index (χ1n) is 8.74. The Balaban J connectivity index is 1.93. The quantitative estimate of drug-likeness (QED) is 0.180. The average molecular weight is 416 g/mol. The molecule has 0 unspecified atom stereocenters. The number of hydrogen-bond donors (Lipinski definition) is 9. The molecule has 0 aromatic rings. The summed E-state index contributed by atoms with van der Waals surface area (Å²) in [4.78, 5) is 0. The minimum Gasteiger partial charge on any atom is -0.394 e. The monoisotopic (exact) mass is 416 g/mol. The molecule has 13 heteroatoms. The topological polar surface area (TPSA) is 219 Å². The molecule has 2 saturated heterocycles. The lowest BCUT2D eigenvalue weighted by Crippen LogP contribution is -2.60. The van der Waals surface area contributed by atoms with Gasteiger partial charge in [0.2, 0.25) is 0 Å². The summed E-state index contributed by atoms with van der Waals surface area (Å²) >= 11 is 0. The van der Waals surface area contributed by atoms with Crippen molar-refractivity contribution in [2.75, 3.05) is 26.4 Å². The molecule has 9 N–H and O–H groups in total. The highest BCUT2D eigenvalue weighted by atomic mass is 16.7. The third-order valence-electron chi connectivity index (χ3n) is 4.67. The maximum Gasteiger partial charge on any atom is 0.187 e. The van der Waals surface area contributed by atoms with Crippen molar-refractivity contribution in [3.05, 3.63) is 0 Å². The highest BCUT2D eigenvalue weighted by Crippen LogP contribution is 2.24. The minimum absolute atomic E-state index is 0.436. The summed E-state index contributed by atoms with van der Waals surface area (Å²) in [6.45, 7) is -2.38. The lowest BCUT2D eigenvalue weighted by molar-refractivity contribution is -0.330. The highest BCUT2D eigenvalue weighted by Gasteiger charge is 2.46. The van der Waals surface area contributed by atoms with E-state index in [4.69, 9.17) is 29.2 Å². The van der Waals surface area contributed by atoms with Gasteiger partial charge in [-0.1, -0.05) is 0 Å². The van der Waals surface area contributed by atoms with Gasteiger partial charge in [-0.15, -0.1) is 0 Å². The van der Waals surface area contributed by atoms with Crippen LogP contribution in [0.4, 0.5) is 0 Å². The predicted octanol–water partition coefficient (Wildman–Crippen LogP) is -6.02. The Morgan fingerprint density at radius 2 is 1.11 bits per heavy atom. The number of rotatable bonds is 8. The van der Waals surface area contributed by atoms with Crippen molar-refractivity contribution in [3.63, 3.8) is 0 Å². The van der Waals surface area contributed by atoms with Gasteiger partial charge in [0.15, 0.2) is 12.6 Å². The molecule has 0 aromatic carbocycles. The normalized spacial score (nSPS) is 45.8. The van der Waals surface area contributed by atoms with E-state index in [2.05, 4.69) is 0 Å². The lowest BCUT2D eigenvalue weighted by atomic mass is 9.99. The van der Waals surface area contributed by atoms with Crippen LogP contribution in [0, 0.1) is 0 Å². The summed E-state index contributed by atoms with van der Waals surface area (Å²) in [6.07, 6.45) is -16.3. The highest BCUT2D eigenvalue weighted by molar-refractivity contribution is 4.90. The molecule has 0 saturated carbocycles. The van der Waals surface area contributed by atoms with E-state index in [9.17, 15) is 35.7 Å². The summed E-state index contributed by atoms with van der Waals surface area (Å²) in [5.41, 5.74) is 0. The van der Waals surface area contributed by atoms with Crippen LogP contribution in [0.2, 0.25) is 0 Å². The van der Waals surface area contributed by atoms with Gasteiger partial charge in [0.05, 0.1) is 26.4 Å². The fourth-order valence-corrected chi connectivity index (χ4v) is 2.91. The maximum atomic E-state index is 9.94. The Morgan fingerprint density at radius 1 is 0.643 bits per heavy atom.